The van der Waals surface area contributed by atoms with E-state index in [9.17, 15) is 18.0 Å². The minimum absolute atomic E-state index is 0.0740. The SMILES string of the molecule is CC(C)(C)N=C(NC(=O)c1cccc(C#N)c1)Nc1cc(C(F)(F)F)[nH]n1. The average Bonchev–Trinajstić information content (AvgIpc) is 3.02. The molecule has 7 nitrogen and oxygen atoms in total. The molecule has 1 amide bonds. The van der Waals surface area contributed by atoms with E-state index in [1.807, 2.05) is 11.2 Å². The van der Waals surface area contributed by atoms with Gasteiger partial charge in [0.2, 0.25) is 5.96 Å². The van der Waals surface area contributed by atoms with Crippen molar-refractivity contribution in [2.45, 2.75) is 32.5 Å². The van der Waals surface area contributed by atoms with Crippen molar-refractivity contribution in [1.29, 1.82) is 5.26 Å². The van der Waals surface area contributed by atoms with Crippen LogP contribution in [-0.4, -0.2) is 27.6 Å². The van der Waals surface area contributed by atoms with Crippen LogP contribution in [0.4, 0.5) is 19.0 Å². The van der Waals surface area contributed by atoms with Crippen LogP contribution in [0.5, 0.6) is 0 Å². The fraction of sp³-hybridized carbons (Fsp3) is 0.294. The lowest BCUT2D eigenvalue weighted by Gasteiger charge is -2.17. The summed E-state index contributed by atoms with van der Waals surface area (Å²) in [5.74, 6) is -0.805. The van der Waals surface area contributed by atoms with Gasteiger partial charge in [-0.1, -0.05) is 6.07 Å². The van der Waals surface area contributed by atoms with Crippen LogP contribution in [0.2, 0.25) is 0 Å². The number of carbonyl (C=O) groups is 1. The van der Waals surface area contributed by atoms with E-state index in [2.05, 4.69) is 20.7 Å². The molecule has 0 aliphatic carbocycles. The second-order valence-electron chi connectivity index (χ2n) is 6.57. The van der Waals surface area contributed by atoms with Crippen molar-refractivity contribution in [3.8, 4) is 6.07 Å². The zero-order chi connectivity index (χ0) is 20.2. The number of guanidine groups is 1. The van der Waals surface area contributed by atoms with Crippen molar-refractivity contribution < 1.29 is 18.0 Å². The van der Waals surface area contributed by atoms with Crippen molar-refractivity contribution in [1.82, 2.24) is 15.5 Å². The van der Waals surface area contributed by atoms with Gasteiger partial charge in [-0.3, -0.25) is 15.2 Å². The smallest absolute Gasteiger partial charge is 0.309 e. The zero-order valence-corrected chi connectivity index (χ0v) is 14.8. The topological polar surface area (TPSA) is 106 Å². The number of hydrogen-bond donors (Lipinski definition) is 3. The number of anilines is 1. The molecule has 0 saturated heterocycles. The Bertz CT molecular complexity index is 902. The van der Waals surface area contributed by atoms with E-state index in [1.54, 1.807) is 32.9 Å². The highest BCUT2D eigenvalue weighted by atomic mass is 19.4. The lowest BCUT2D eigenvalue weighted by molar-refractivity contribution is -0.141. The van der Waals surface area contributed by atoms with Gasteiger partial charge in [0, 0.05) is 11.6 Å². The summed E-state index contributed by atoms with van der Waals surface area (Å²) >= 11 is 0. The minimum atomic E-state index is -4.57. The molecule has 0 aliphatic rings. The zero-order valence-electron chi connectivity index (χ0n) is 14.8. The number of hydrogen-bond acceptors (Lipinski definition) is 4. The summed E-state index contributed by atoms with van der Waals surface area (Å²) in [5.41, 5.74) is -1.16. The molecule has 1 heterocycles. The van der Waals surface area contributed by atoms with Crippen molar-refractivity contribution in [2.75, 3.05) is 5.32 Å². The van der Waals surface area contributed by atoms with Crippen LogP contribution >= 0.6 is 0 Å². The molecule has 0 unspecified atom stereocenters. The number of nitrogens with zero attached hydrogens (tertiary/aromatic N) is 3. The Labute approximate surface area is 153 Å². The molecule has 0 radical (unpaired) electrons. The van der Waals surface area contributed by atoms with Crippen LogP contribution in [0.15, 0.2) is 35.3 Å². The molecular formula is C17H17F3N6O. The molecule has 0 saturated carbocycles. The van der Waals surface area contributed by atoms with E-state index in [0.29, 0.717) is 5.56 Å². The minimum Gasteiger partial charge on any atom is -0.309 e. The van der Waals surface area contributed by atoms with Gasteiger partial charge in [0.05, 0.1) is 17.2 Å². The maximum absolute atomic E-state index is 12.7. The quantitative estimate of drug-likeness (QED) is 0.551. The predicted octanol–water partition coefficient (Wildman–Crippen LogP) is 3.30. The number of amides is 1. The third-order valence-corrected chi connectivity index (χ3v) is 3.06. The van der Waals surface area contributed by atoms with E-state index >= 15 is 0 Å². The molecule has 2 rings (SSSR count). The van der Waals surface area contributed by atoms with Gasteiger partial charge >= 0.3 is 6.18 Å². The maximum Gasteiger partial charge on any atom is 0.432 e. The number of H-pyrrole nitrogens is 1. The fourth-order valence-corrected chi connectivity index (χ4v) is 1.98. The largest absolute Gasteiger partial charge is 0.432 e. The van der Waals surface area contributed by atoms with Crippen LogP contribution in [0.1, 0.15) is 42.4 Å². The third-order valence-electron chi connectivity index (χ3n) is 3.06. The van der Waals surface area contributed by atoms with Gasteiger partial charge in [0.25, 0.3) is 5.91 Å². The summed E-state index contributed by atoms with van der Waals surface area (Å²) in [5, 5.41) is 19.4. The van der Waals surface area contributed by atoms with E-state index in [1.165, 1.54) is 12.1 Å². The first kappa shape index (κ1) is 20.0. The average molecular weight is 378 g/mol. The Morgan fingerprint density at radius 3 is 2.52 bits per heavy atom. The maximum atomic E-state index is 12.7. The Morgan fingerprint density at radius 2 is 1.96 bits per heavy atom. The van der Waals surface area contributed by atoms with Gasteiger partial charge in [-0.25, -0.2) is 4.99 Å². The molecule has 0 atom stereocenters. The van der Waals surface area contributed by atoms with Gasteiger partial charge in [-0.05, 0) is 39.0 Å². The van der Waals surface area contributed by atoms with E-state index < -0.39 is 23.3 Å². The molecule has 1 aromatic heterocycles. The van der Waals surface area contributed by atoms with Gasteiger partial charge in [-0.2, -0.15) is 23.5 Å². The molecule has 0 bridgehead atoms. The van der Waals surface area contributed by atoms with Gasteiger partial charge < -0.3 is 5.32 Å². The number of nitrogens with one attached hydrogen (secondary N) is 3. The lowest BCUT2D eigenvalue weighted by Crippen LogP contribution is -2.38. The number of benzene rings is 1. The number of rotatable bonds is 2. The lowest BCUT2D eigenvalue weighted by atomic mass is 10.1. The first-order valence-corrected chi connectivity index (χ1v) is 7.79. The van der Waals surface area contributed by atoms with Crippen molar-refractivity contribution in [3.05, 3.63) is 47.2 Å². The van der Waals surface area contributed by atoms with Crippen molar-refractivity contribution in [2.24, 2.45) is 4.99 Å². The Kier molecular flexibility index (Phi) is 5.54. The molecule has 0 spiro atoms. The monoisotopic (exact) mass is 378 g/mol. The Morgan fingerprint density at radius 1 is 1.26 bits per heavy atom. The number of aromatic nitrogens is 2. The fourth-order valence-electron chi connectivity index (χ4n) is 1.98. The molecule has 3 N–H and O–H groups in total. The van der Waals surface area contributed by atoms with Crippen molar-refractivity contribution >= 4 is 17.7 Å². The predicted molar refractivity (Wildman–Crippen MR) is 93.0 cm³/mol. The number of nitriles is 1. The molecular weight excluding hydrogens is 361 g/mol. The van der Waals surface area contributed by atoms with Gasteiger partial charge in [0.15, 0.2) is 5.82 Å². The molecule has 10 heteroatoms. The van der Waals surface area contributed by atoms with Crippen LogP contribution in [0.3, 0.4) is 0 Å². The first-order valence-electron chi connectivity index (χ1n) is 7.79. The third kappa shape index (κ3) is 5.85. The Balaban J connectivity index is 2.25. The molecule has 0 fully saturated rings. The number of alkyl halides is 3. The highest BCUT2D eigenvalue weighted by Gasteiger charge is 2.33. The van der Waals surface area contributed by atoms with E-state index in [-0.39, 0.29) is 17.3 Å². The highest BCUT2D eigenvalue weighted by molar-refractivity contribution is 6.09. The first-order chi connectivity index (χ1) is 12.5. The molecule has 2 aromatic rings. The molecule has 0 aliphatic heterocycles. The Hall–Kier alpha value is -3.35. The second-order valence-corrected chi connectivity index (χ2v) is 6.57. The normalized spacial score (nSPS) is 12.4. The summed E-state index contributed by atoms with van der Waals surface area (Å²) in [6.07, 6.45) is -4.57. The van der Waals surface area contributed by atoms with Crippen LogP contribution in [0, 0.1) is 11.3 Å². The standard InChI is InChI=1S/C17H17F3N6O/c1-16(2,3)24-15(22-13-8-12(25-26-13)17(18,19)20)23-14(27)11-6-4-5-10(7-11)9-21/h4-8H,1-3H3,(H3,22,23,24,25,26,27). The van der Waals surface area contributed by atoms with Crippen molar-refractivity contribution in [3.63, 3.8) is 0 Å². The number of aromatic amines is 1. The number of aliphatic imine (C=N–C) groups is 1. The summed E-state index contributed by atoms with van der Waals surface area (Å²) < 4.78 is 38.1. The second kappa shape index (κ2) is 7.49. The van der Waals surface area contributed by atoms with Crippen LogP contribution < -0.4 is 10.6 Å². The van der Waals surface area contributed by atoms with Gasteiger partial charge in [-0.15, -0.1) is 0 Å². The van der Waals surface area contributed by atoms with E-state index in [0.717, 1.165) is 6.07 Å². The molecule has 142 valence electrons. The summed E-state index contributed by atoms with van der Waals surface area (Å²) in [6.45, 7) is 5.26. The summed E-state index contributed by atoms with van der Waals surface area (Å²) in [6, 6.07) is 8.67. The summed E-state index contributed by atoms with van der Waals surface area (Å²) in [7, 11) is 0. The van der Waals surface area contributed by atoms with Gasteiger partial charge in [0.1, 0.15) is 5.69 Å². The number of carbonyl (C=O) groups excluding carboxylic acids is 1. The summed E-state index contributed by atoms with van der Waals surface area (Å²) in [4.78, 5) is 16.7. The number of halogens is 3. The highest BCUT2D eigenvalue weighted by Crippen LogP contribution is 2.28. The molecule has 1 aromatic carbocycles. The van der Waals surface area contributed by atoms with Crippen LogP contribution in [0.25, 0.3) is 0 Å². The van der Waals surface area contributed by atoms with E-state index in [4.69, 9.17) is 5.26 Å². The van der Waals surface area contributed by atoms with Crippen LogP contribution in [-0.2, 0) is 6.18 Å². The molecule has 27 heavy (non-hydrogen) atoms.